The molecule has 0 N–H and O–H groups in total. The fraction of sp³-hybridized carbons (Fsp3) is 0.231. The van der Waals surface area contributed by atoms with Crippen molar-refractivity contribution in [2.24, 2.45) is 0 Å². The molecule has 2 rings (SSSR count). The molecule has 0 atom stereocenters. The van der Waals surface area contributed by atoms with Crippen molar-refractivity contribution in [1.29, 1.82) is 0 Å². The van der Waals surface area contributed by atoms with Crippen LogP contribution in [0, 0.1) is 6.92 Å². The number of aromatic nitrogens is 2. The SMILES string of the molecule is CCOC(=O)c1cn(-c2ccc(C)cc2)cn1. The number of imidazole rings is 1. The fourth-order valence-corrected chi connectivity index (χ4v) is 1.49. The van der Waals surface area contributed by atoms with Crippen LogP contribution in [0.5, 0.6) is 0 Å². The first-order chi connectivity index (χ1) is 8.20. The van der Waals surface area contributed by atoms with Crippen molar-refractivity contribution in [2.45, 2.75) is 13.8 Å². The van der Waals surface area contributed by atoms with Gasteiger partial charge in [-0.15, -0.1) is 0 Å². The van der Waals surface area contributed by atoms with Gasteiger partial charge in [-0.05, 0) is 26.0 Å². The summed E-state index contributed by atoms with van der Waals surface area (Å²) in [5.74, 6) is -0.390. The monoisotopic (exact) mass is 230 g/mol. The molecular weight excluding hydrogens is 216 g/mol. The van der Waals surface area contributed by atoms with Gasteiger partial charge in [-0.25, -0.2) is 9.78 Å². The van der Waals surface area contributed by atoms with Crippen LogP contribution in [0.1, 0.15) is 23.0 Å². The van der Waals surface area contributed by atoms with E-state index in [0.29, 0.717) is 12.3 Å². The summed E-state index contributed by atoms with van der Waals surface area (Å²) in [5.41, 5.74) is 2.49. The van der Waals surface area contributed by atoms with Crippen LogP contribution in [-0.4, -0.2) is 22.1 Å². The molecule has 0 spiro atoms. The van der Waals surface area contributed by atoms with Gasteiger partial charge in [0.2, 0.25) is 0 Å². The number of carbonyl (C=O) groups excluding carboxylic acids is 1. The molecule has 0 saturated heterocycles. The number of rotatable bonds is 3. The average Bonchev–Trinajstić information content (AvgIpc) is 2.80. The molecule has 4 heteroatoms. The first-order valence-corrected chi connectivity index (χ1v) is 5.49. The Morgan fingerprint density at radius 3 is 2.71 bits per heavy atom. The van der Waals surface area contributed by atoms with Crippen molar-refractivity contribution in [1.82, 2.24) is 9.55 Å². The van der Waals surface area contributed by atoms with E-state index in [1.807, 2.05) is 31.2 Å². The van der Waals surface area contributed by atoms with E-state index in [1.165, 1.54) is 5.56 Å². The van der Waals surface area contributed by atoms with Gasteiger partial charge in [0, 0.05) is 11.9 Å². The molecule has 4 nitrogen and oxygen atoms in total. The van der Waals surface area contributed by atoms with Crippen molar-refractivity contribution in [3.8, 4) is 5.69 Å². The minimum atomic E-state index is -0.390. The average molecular weight is 230 g/mol. The number of carbonyl (C=O) groups is 1. The van der Waals surface area contributed by atoms with Crippen LogP contribution in [0.2, 0.25) is 0 Å². The topological polar surface area (TPSA) is 44.1 Å². The Labute approximate surface area is 99.9 Å². The molecule has 2 aromatic rings. The first-order valence-electron chi connectivity index (χ1n) is 5.49. The van der Waals surface area contributed by atoms with Crippen LogP contribution < -0.4 is 0 Å². The Bertz CT molecular complexity index is 514. The zero-order valence-corrected chi connectivity index (χ0v) is 9.88. The van der Waals surface area contributed by atoms with Crippen molar-refractivity contribution in [3.63, 3.8) is 0 Å². The van der Waals surface area contributed by atoms with Gasteiger partial charge in [-0.3, -0.25) is 0 Å². The lowest BCUT2D eigenvalue weighted by Crippen LogP contribution is -2.04. The number of ether oxygens (including phenoxy) is 1. The molecule has 1 aromatic heterocycles. The smallest absolute Gasteiger partial charge is 0.358 e. The molecule has 0 saturated carbocycles. The van der Waals surface area contributed by atoms with Crippen LogP contribution in [0.4, 0.5) is 0 Å². The molecule has 0 unspecified atom stereocenters. The van der Waals surface area contributed by atoms with E-state index in [4.69, 9.17) is 4.74 Å². The van der Waals surface area contributed by atoms with Crippen molar-refractivity contribution < 1.29 is 9.53 Å². The van der Waals surface area contributed by atoms with Gasteiger partial charge in [0.15, 0.2) is 5.69 Å². The highest BCUT2D eigenvalue weighted by molar-refractivity contribution is 5.87. The van der Waals surface area contributed by atoms with Gasteiger partial charge in [0.25, 0.3) is 0 Å². The van der Waals surface area contributed by atoms with Gasteiger partial charge < -0.3 is 9.30 Å². The Kier molecular flexibility index (Phi) is 3.23. The molecule has 0 bridgehead atoms. The number of benzene rings is 1. The second-order valence-electron chi connectivity index (χ2n) is 3.72. The summed E-state index contributed by atoms with van der Waals surface area (Å²) in [5, 5.41) is 0. The molecule has 0 amide bonds. The van der Waals surface area contributed by atoms with Crippen molar-refractivity contribution in [2.75, 3.05) is 6.61 Å². The molecule has 1 heterocycles. The summed E-state index contributed by atoms with van der Waals surface area (Å²) in [6.45, 7) is 4.16. The second-order valence-corrected chi connectivity index (χ2v) is 3.72. The third-order valence-electron chi connectivity index (χ3n) is 2.40. The lowest BCUT2D eigenvalue weighted by Gasteiger charge is -2.01. The highest BCUT2D eigenvalue weighted by Gasteiger charge is 2.10. The number of hydrogen-bond donors (Lipinski definition) is 0. The molecule has 0 aliphatic heterocycles. The van der Waals surface area contributed by atoms with E-state index in [-0.39, 0.29) is 0 Å². The molecule has 0 aliphatic carbocycles. The van der Waals surface area contributed by atoms with Crippen LogP contribution in [0.15, 0.2) is 36.8 Å². The van der Waals surface area contributed by atoms with Gasteiger partial charge >= 0.3 is 5.97 Å². The lowest BCUT2D eigenvalue weighted by molar-refractivity contribution is 0.0520. The normalized spacial score (nSPS) is 10.2. The Morgan fingerprint density at radius 1 is 1.35 bits per heavy atom. The molecule has 0 aliphatic rings. The maximum Gasteiger partial charge on any atom is 0.358 e. The van der Waals surface area contributed by atoms with Crippen molar-refractivity contribution in [3.05, 3.63) is 48.0 Å². The quantitative estimate of drug-likeness (QED) is 0.760. The minimum absolute atomic E-state index is 0.326. The van der Waals surface area contributed by atoms with E-state index in [1.54, 1.807) is 24.0 Å². The highest BCUT2D eigenvalue weighted by atomic mass is 16.5. The summed E-state index contributed by atoms with van der Waals surface area (Å²) in [4.78, 5) is 15.5. The molecular formula is C13H14N2O2. The van der Waals surface area contributed by atoms with Crippen LogP contribution in [-0.2, 0) is 4.74 Å². The van der Waals surface area contributed by atoms with Gasteiger partial charge in [-0.2, -0.15) is 0 Å². The first kappa shape index (κ1) is 11.4. The number of nitrogens with zero attached hydrogens (tertiary/aromatic N) is 2. The Hall–Kier alpha value is -2.10. The standard InChI is InChI=1S/C13H14N2O2/c1-3-17-13(16)12-8-15(9-14-12)11-6-4-10(2)5-7-11/h4-9H,3H2,1-2H3. The predicted octanol–water partition coefficient (Wildman–Crippen LogP) is 2.36. The van der Waals surface area contributed by atoms with Crippen LogP contribution in [0.3, 0.4) is 0 Å². The highest BCUT2D eigenvalue weighted by Crippen LogP contribution is 2.10. The molecule has 1 aromatic carbocycles. The number of esters is 1. The third-order valence-corrected chi connectivity index (χ3v) is 2.40. The Balaban J connectivity index is 2.23. The number of hydrogen-bond acceptors (Lipinski definition) is 3. The lowest BCUT2D eigenvalue weighted by atomic mass is 10.2. The molecule has 88 valence electrons. The summed E-state index contributed by atoms with van der Waals surface area (Å²) in [7, 11) is 0. The summed E-state index contributed by atoms with van der Waals surface area (Å²) < 4.78 is 6.68. The van der Waals surface area contributed by atoms with Crippen molar-refractivity contribution >= 4 is 5.97 Å². The van der Waals surface area contributed by atoms with E-state index >= 15 is 0 Å². The zero-order valence-electron chi connectivity index (χ0n) is 9.88. The summed E-state index contributed by atoms with van der Waals surface area (Å²) in [6.07, 6.45) is 3.28. The second kappa shape index (κ2) is 4.82. The van der Waals surface area contributed by atoms with Gasteiger partial charge in [-0.1, -0.05) is 17.7 Å². The summed E-state index contributed by atoms with van der Waals surface area (Å²) in [6, 6.07) is 7.98. The maximum atomic E-state index is 11.4. The van der Waals surface area contributed by atoms with Crippen LogP contribution >= 0.6 is 0 Å². The van der Waals surface area contributed by atoms with E-state index < -0.39 is 5.97 Å². The zero-order chi connectivity index (χ0) is 12.3. The third kappa shape index (κ3) is 2.53. The molecule has 0 fully saturated rings. The van der Waals surface area contributed by atoms with E-state index in [2.05, 4.69) is 4.98 Å². The summed E-state index contributed by atoms with van der Waals surface area (Å²) >= 11 is 0. The molecule has 17 heavy (non-hydrogen) atoms. The van der Waals surface area contributed by atoms with Crippen LogP contribution in [0.25, 0.3) is 5.69 Å². The van der Waals surface area contributed by atoms with E-state index in [9.17, 15) is 4.79 Å². The fourth-order valence-electron chi connectivity index (χ4n) is 1.49. The maximum absolute atomic E-state index is 11.4. The number of aryl methyl sites for hydroxylation is 1. The predicted molar refractivity (Wildman–Crippen MR) is 64.3 cm³/mol. The van der Waals surface area contributed by atoms with Gasteiger partial charge in [0.1, 0.15) is 6.33 Å². The minimum Gasteiger partial charge on any atom is -0.461 e. The van der Waals surface area contributed by atoms with Gasteiger partial charge in [0.05, 0.1) is 6.61 Å². The Morgan fingerprint density at radius 2 is 2.06 bits per heavy atom. The molecule has 0 radical (unpaired) electrons. The van der Waals surface area contributed by atoms with E-state index in [0.717, 1.165) is 5.69 Å². The largest absolute Gasteiger partial charge is 0.461 e.